The first-order valence-electron chi connectivity index (χ1n) is 8.08. The predicted molar refractivity (Wildman–Crippen MR) is 105 cm³/mol. The van der Waals surface area contributed by atoms with E-state index in [4.69, 9.17) is 0 Å². The van der Waals surface area contributed by atoms with E-state index >= 15 is 0 Å². The highest BCUT2D eigenvalue weighted by Crippen LogP contribution is 2.38. The van der Waals surface area contributed by atoms with Gasteiger partial charge in [0, 0.05) is 12.6 Å². The van der Waals surface area contributed by atoms with Crippen LogP contribution in [0.1, 0.15) is 32.6 Å². The fourth-order valence-corrected chi connectivity index (χ4v) is 2.82. The van der Waals surface area contributed by atoms with Gasteiger partial charge < -0.3 is 0 Å². The Morgan fingerprint density at radius 3 is 2.38 bits per heavy atom. The van der Waals surface area contributed by atoms with Crippen LogP contribution in [0.3, 0.4) is 0 Å². The molecule has 0 spiro atoms. The summed E-state index contributed by atoms with van der Waals surface area (Å²) in [7, 11) is 0. The molecule has 0 fully saturated rings. The van der Waals surface area contributed by atoms with Crippen molar-refractivity contribution in [2.45, 2.75) is 32.6 Å². The molecule has 2 aromatic rings. The number of anilines is 3. The largest absolute Gasteiger partial charge is 0.288 e. The van der Waals surface area contributed by atoms with Gasteiger partial charge in [-0.25, -0.2) is 8.78 Å². The second-order valence-electron chi connectivity index (χ2n) is 5.73. The van der Waals surface area contributed by atoms with Gasteiger partial charge in [-0.1, -0.05) is 38.3 Å². The van der Waals surface area contributed by atoms with Crippen molar-refractivity contribution in [3.63, 3.8) is 0 Å². The Morgan fingerprint density at radius 1 is 0.917 bits per heavy atom. The number of unbranched alkanes of at least 4 members (excludes halogenated alkanes) is 3. The van der Waals surface area contributed by atoms with Crippen molar-refractivity contribution in [3.05, 3.63) is 54.1 Å². The normalized spacial score (nSPS) is 13.0. The number of fused-ring (bicyclic) bond motifs is 1. The summed E-state index contributed by atoms with van der Waals surface area (Å²) in [6.07, 6.45) is 4.64. The highest BCUT2D eigenvalue weighted by molar-refractivity contribution is 14.0. The van der Waals surface area contributed by atoms with E-state index in [2.05, 4.69) is 12.5 Å². The monoisotopic (exact) mass is 445 g/mol. The molecular weight excluding hydrogens is 423 g/mol. The third-order valence-corrected chi connectivity index (χ3v) is 4.02. The van der Waals surface area contributed by atoms with Crippen LogP contribution in [-0.2, 0) is 0 Å². The van der Waals surface area contributed by atoms with Crippen LogP contribution in [-0.4, -0.2) is 6.54 Å². The first-order chi connectivity index (χ1) is 11.2. The third kappa shape index (κ3) is 3.97. The minimum absolute atomic E-state index is 0. The molecule has 0 radical (unpaired) electrons. The Labute approximate surface area is 158 Å². The summed E-state index contributed by atoms with van der Waals surface area (Å²) in [4.78, 5) is 0. The molecule has 3 nitrogen and oxygen atoms in total. The van der Waals surface area contributed by atoms with Gasteiger partial charge in [0.15, 0.2) is 5.82 Å². The molecule has 0 bridgehead atoms. The quantitative estimate of drug-likeness (QED) is 0.465. The van der Waals surface area contributed by atoms with E-state index < -0.39 is 11.6 Å². The standard InChI is InChI=1S/C18H21F2N3.HI/c1-2-3-4-7-12-22-17-8-5-6-9-18(17)23(21-22)16-11-10-14(19)13-15(16)20;/h5-6,8-11,13,21H,2-4,7,12H2,1H3;1H. The number of nitrogens with one attached hydrogen (secondary N) is 1. The first kappa shape index (κ1) is 18.9. The van der Waals surface area contributed by atoms with E-state index in [1.807, 2.05) is 29.3 Å². The van der Waals surface area contributed by atoms with Gasteiger partial charge in [-0.3, -0.25) is 10.0 Å². The Hall–Kier alpha value is -1.41. The summed E-state index contributed by atoms with van der Waals surface area (Å²) >= 11 is 0. The Kier molecular flexibility index (Phi) is 6.79. The van der Waals surface area contributed by atoms with Crippen LogP contribution in [0.15, 0.2) is 42.5 Å². The second kappa shape index (κ2) is 8.62. The lowest BCUT2D eigenvalue weighted by Gasteiger charge is -2.23. The molecule has 2 aromatic carbocycles. The molecule has 0 aliphatic carbocycles. The molecule has 1 heterocycles. The van der Waals surface area contributed by atoms with Crippen LogP contribution in [0.5, 0.6) is 0 Å². The lowest BCUT2D eigenvalue weighted by Crippen LogP contribution is -2.42. The molecule has 0 saturated heterocycles. The van der Waals surface area contributed by atoms with Gasteiger partial charge in [-0.15, -0.1) is 29.5 Å². The molecule has 0 aromatic heterocycles. The molecule has 130 valence electrons. The second-order valence-corrected chi connectivity index (χ2v) is 5.73. The van der Waals surface area contributed by atoms with Gasteiger partial charge in [-0.2, -0.15) is 0 Å². The Balaban J connectivity index is 0.00000208. The highest BCUT2D eigenvalue weighted by atomic mass is 127. The van der Waals surface area contributed by atoms with Crippen molar-refractivity contribution in [2.24, 2.45) is 0 Å². The van der Waals surface area contributed by atoms with E-state index in [-0.39, 0.29) is 24.0 Å². The number of para-hydroxylation sites is 2. The molecule has 6 heteroatoms. The van der Waals surface area contributed by atoms with E-state index in [0.29, 0.717) is 5.69 Å². The maximum absolute atomic E-state index is 14.1. The van der Waals surface area contributed by atoms with E-state index in [9.17, 15) is 8.78 Å². The number of hydrogen-bond acceptors (Lipinski definition) is 3. The first-order valence-corrected chi connectivity index (χ1v) is 8.08. The average Bonchev–Trinajstić information content (AvgIpc) is 2.91. The Morgan fingerprint density at radius 2 is 1.67 bits per heavy atom. The van der Waals surface area contributed by atoms with Gasteiger partial charge >= 0.3 is 0 Å². The fourth-order valence-electron chi connectivity index (χ4n) is 2.82. The molecular formula is C18H22F2IN3. The highest BCUT2D eigenvalue weighted by Gasteiger charge is 2.27. The summed E-state index contributed by atoms with van der Waals surface area (Å²) in [5, 5.41) is 3.69. The van der Waals surface area contributed by atoms with Crippen LogP contribution >= 0.6 is 24.0 Å². The molecule has 1 N–H and O–H groups in total. The summed E-state index contributed by atoms with van der Waals surface area (Å²) < 4.78 is 27.3. The molecule has 1 aliphatic heterocycles. The number of nitrogens with zero attached hydrogens (tertiary/aromatic N) is 2. The van der Waals surface area contributed by atoms with Gasteiger partial charge in [0.1, 0.15) is 5.82 Å². The van der Waals surface area contributed by atoms with E-state index in [0.717, 1.165) is 30.4 Å². The summed E-state index contributed by atoms with van der Waals surface area (Å²) in [5.41, 5.74) is 5.40. The molecule has 1 aliphatic rings. The number of rotatable bonds is 6. The predicted octanol–water partition coefficient (Wildman–Crippen LogP) is 5.54. The number of halogens is 3. The van der Waals surface area contributed by atoms with Crippen LogP contribution in [0.4, 0.5) is 25.8 Å². The molecule has 0 unspecified atom stereocenters. The third-order valence-electron chi connectivity index (χ3n) is 4.02. The van der Waals surface area contributed by atoms with Gasteiger partial charge in [0.05, 0.1) is 17.1 Å². The fraction of sp³-hybridized carbons (Fsp3) is 0.333. The Bertz CT molecular complexity index is 681. The molecule has 0 atom stereocenters. The zero-order valence-electron chi connectivity index (χ0n) is 13.6. The number of benzene rings is 2. The van der Waals surface area contributed by atoms with E-state index in [1.54, 1.807) is 5.01 Å². The maximum Gasteiger partial charge on any atom is 0.151 e. The average molecular weight is 445 g/mol. The lowest BCUT2D eigenvalue weighted by atomic mass is 10.2. The van der Waals surface area contributed by atoms with Gasteiger partial charge in [0.25, 0.3) is 0 Å². The van der Waals surface area contributed by atoms with Crippen molar-refractivity contribution in [1.29, 1.82) is 0 Å². The summed E-state index contributed by atoms with van der Waals surface area (Å²) in [5.74, 6) is -1.16. The van der Waals surface area contributed by atoms with Crippen LogP contribution in [0.2, 0.25) is 0 Å². The smallest absolute Gasteiger partial charge is 0.151 e. The molecule has 0 amide bonds. The molecule has 3 rings (SSSR count). The SMILES string of the molecule is CCCCCCN1NN(c2ccc(F)cc2F)c2ccccc21.I. The van der Waals surface area contributed by atoms with Crippen LogP contribution < -0.4 is 15.6 Å². The summed E-state index contributed by atoms with van der Waals surface area (Å²) in [6.45, 7) is 3.03. The van der Waals surface area contributed by atoms with Crippen molar-refractivity contribution < 1.29 is 8.78 Å². The van der Waals surface area contributed by atoms with Crippen LogP contribution in [0, 0.1) is 11.6 Å². The zero-order valence-corrected chi connectivity index (χ0v) is 16.0. The van der Waals surface area contributed by atoms with Crippen molar-refractivity contribution in [1.82, 2.24) is 5.53 Å². The van der Waals surface area contributed by atoms with Crippen molar-refractivity contribution in [2.75, 3.05) is 16.6 Å². The number of hydrazine groups is 2. The van der Waals surface area contributed by atoms with Crippen LogP contribution in [0.25, 0.3) is 0 Å². The summed E-state index contributed by atoms with van der Waals surface area (Å²) in [6, 6.07) is 11.4. The molecule has 0 saturated carbocycles. The van der Waals surface area contributed by atoms with Gasteiger partial charge in [0.2, 0.25) is 0 Å². The topological polar surface area (TPSA) is 18.5 Å². The number of hydrogen-bond donors (Lipinski definition) is 1. The zero-order chi connectivity index (χ0) is 16.2. The maximum atomic E-state index is 14.1. The minimum atomic E-state index is -0.583. The van der Waals surface area contributed by atoms with Gasteiger partial charge in [-0.05, 0) is 30.7 Å². The van der Waals surface area contributed by atoms with Crippen molar-refractivity contribution in [3.8, 4) is 0 Å². The van der Waals surface area contributed by atoms with E-state index in [1.165, 1.54) is 31.4 Å². The van der Waals surface area contributed by atoms with Crippen molar-refractivity contribution >= 4 is 41.0 Å². The lowest BCUT2D eigenvalue weighted by molar-refractivity contribution is 0.569. The molecule has 24 heavy (non-hydrogen) atoms. The minimum Gasteiger partial charge on any atom is -0.288 e.